The summed E-state index contributed by atoms with van der Waals surface area (Å²) in [6.45, 7) is 2.03. The number of hydrogen-bond acceptors (Lipinski definition) is 5. The lowest BCUT2D eigenvalue weighted by Crippen LogP contribution is -2.26. The van der Waals surface area contributed by atoms with Gasteiger partial charge < -0.3 is 15.6 Å². The summed E-state index contributed by atoms with van der Waals surface area (Å²) in [7, 11) is 0. The summed E-state index contributed by atoms with van der Waals surface area (Å²) in [5.74, 6) is 0.0379. The first kappa shape index (κ1) is 13.0. The number of hydrogen-bond donors (Lipinski definition) is 2. The molecule has 0 aliphatic rings. The van der Waals surface area contributed by atoms with Crippen molar-refractivity contribution in [1.29, 1.82) is 0 Å². The number of nitrogens with one attached hydrogen (secondary N) is 1. The average molecular weight is 264 g/mol. The van der Waals surface area contributed by atoms with Crippen LogP contribution >= 0.6 is 0 Å². The van der Waals surface area contributed by atoms with Crippen molar-refractivity contribution in [2.75, 3.05) is 12.3 Å². The van der Waals surface area contributed by atoms with E-state index in [4.69, 9.17) is 10.3 Å². The highest BCUT2D eigenvalue weighted by molar-refractivity contribution is 5.95. The Labute approximate surface area is 108 Å². The molecule has 1 aromatic heterocycles. The summed E-state index contributed by atoms with van der Waals surface area (Å²) in [5.41, 5.74) is 5.85. The molecule has 0 bridgehead atoms. The number of amides is 1. The molecule has 0 aliphatic carbocycles. The highest BCUT2D eigenvalue weighted by Crippen LogP contribution is 2.10. The van der Waals surface area contributed by atoms with Gasteiger partial charge in [-0.15, -0.1) is 0 Å². The van der Waals surface area contributed by atoms with Crippen molar-refractivity contribution in [2.45, 2.75) is 13.3 Å². The molecule has 6 nitrogen and oxygen atoms in total. The van der Waals surface area contributed by atoms with E-state index in [-0.39, 0.29) is 11.3 Å². The molecule has 0 fully saturated rings. The van der Waals surface area contributed by atoms with E-state index < -0.39 is 11.7 Å². The molecule has 0 aliphatic heterocycles. The van der Waals surface area contributed by atoms with Crippen LogP contribution in [0.2, 0.25) is 0 Å². The van der Waals surface area contributed by atoms with Crippen molar-refractivity contribution in [3.63, 3.8) is 0 Å². The Morgan fingerprint density at radius 1 is 1.47 bits per heavy atom. The van der Waals surface area contributed by atoms with Gasteiger partial charge in [0.15, 0.2) is 5.82 Å². The molecule has 19 heavy (non-hydrogen) atoms. The van der Waals surface area contributed by atoms with Crippen LogP contribution in [0.1, 0.15) is 22.1 Å². The molecule has 0 radical (unpaired) electrons. The van der Waals surface area contributed by atoms with Gasteiger partial charge >= 0.3 is 0 Å². The number of aryl methyl sites for hydroxylation is 1. The topological polar surface area (TPSA) is 94.0 Å². The van der Waals surface area contributed by atoms with E-state index in [0.717, 1.165) is 12.1 Å². The van der Waals surface area contributed by atoms with E-state index in [9.17, 15) is 9.18 Å². The lowest BCUT2D eigenvalue weighted by molar-refractivity contribution is 0.0953. The van der Waals surface area contributed by atoms with Gasteiger partial charge in [0.2, 0.25) is 5.89 Å². The number of anilines is 1. The van der Waals surface area contributed by atoms with Gasteiger partial charge in [-0.25, -0.2) is 4.39 Å². The SMILES string of the molecule is Cc1noc(CCNC(=O)c2cc(N)cc(F)c2)n1. The molecule has 1 heterocycles. The first-order chi connectivity index (χ1) is 9.04. The quantitative estimate of drug-likeness (QED) is 0.805. The zero-order valence-electron chi connectivity index (χ0n) is 10.3. The van der Waals surface area contributed by atoms with Crippen LogP contribution in [-0.4, -0.2) is 22.6 Å². The van der Waals surface area contributed by atoms with Crippen molar-refractivity contribution >= 4 is 11.6 Å². The number of carbonyl (C=O) groups is 1. The molecule has 100 valence electrons. The molecule has 1 aromatic carbocycles. The number of aromatic nitrogens is 2. The Bertz CT molecular complexity index is 577. The van der Waals surface area contributed by atoms with E-state index >= 15 is 0 Å². The Balaban J connectivity index is 1.90. The number of nitrogens with two attached hydrogens (primary N) is 1. The molecule has 0 spiro atoms. The molecule has 7 heteroatoms. The van der Waals surface area contributed by atoms with Crippen LogP contribution in [0.4, 0.5) is 10.1 Å². The number of halogens is 1. The van der Waals surface area contributed by atoms with Crippen molar-refractivity contribution in [2.24, 2.45) is 0 Å². The number of nitrogen functional groups attached to an aromatic ring is 1. The fraction of sp³-hybridized carbons (Fsp3) is 0.250. The van der Waals surface area contributed by atoms with Crippen LogP contribution in [0.15, 0.2) is 22.7 Å². The maximum atomic E-state index is 13.1. The Kier molecular flexibility index (Phi) is 3.74. The maximum absolute atomic E-state index is 13.1. The molecule has 1 amide bonds. The average Bonchev–Trinajstić information content (AvgIpc) is 2.73. The second-order valence-electron chi connectivity index (χ2n) is 4.01. The monoisotopic (exact) mass is 264 g/mol. The van der Waals surface area contributed by atoms with Gasteiger partial charge in [0.25, 0.3) is 5.91 Å². The highest BCUT2D eigenvalue weighted by atomic mass is 19.1. The lowest BCUT2D eigenvalue weighted by Gasteiger charge is -2.04. The summed E-state index contributed by atoms with van der Waals surface area (Å²) < 4.78 is 18.0. The van der Waals surface area contributed by atoms with E-state index in [2.05, 4.69) is 15.5 Å². The number of carbonyl (C=O) groups excluding carboxylic acids is 1. The fourth-order valence-corrected chi connectivity index (χ4v) is 1.57. The van der Waals surface area contributed by atoms with Crippen LogP contribution in [0.25, 0.3) is 0 Å². The van der Waals surface area contributed by atoms with E-state index in [1.807, 2.05) is 0 Å². The third kappa shape index (κ3) is 3.51. The zero-order chi connectivity index (χ0) is 13.8. The second kappa shape index (κ2) is 5.47. The summed E-state index contributed by atoms with van der Waals surface area (Å²) in [6, 6.07) is 3.69. The summed E-state index contributed by atoms with van der Waals surface area (Å²) >= 11 is 0. The number of nitrogens with zero attached hydrogens (tertiary/aromatic N) is 2. The Morgan fingerprint density at radius 2 is 2.26 bits per heavy atom. The molecular formula is C12H13FN4O2. The smallest absolute Gasteiger partial charge is 0.251 e. The second-order valence-corrected chi connectivity index (χ2v) is 4.01. The standard InChI is InChI=1S/C12H13FN4O2/c1-7-16-11(19-17-7)2-3-15-12(18)8-4-9(13)6-10(14)5-8/h4-6H,2-3,14H2,1H3,(H,15,18). The van der Waals surface area contributed by atoms with Gasteiger partial charge in [0.05, 0.1) is 0 Å². The normalized spacial score (nSPS) is 10.4. The first-order valence-corrected chi connectivity index (χ1v) is 5.68. The zero-order valence-corrected chi connectivity index (χ0v) is 10.3. The van der Waals surface area contributed by atoms with Gasteiger partial charge in [0, 0.05) is 24.2 Å². The molecular weight excluding hydrogens is 251 g/mol. The van der Waals surface area contributed by atoms with E-state index in [0.29, 0.717) is 24.7 Å². The van der Waals surface area contributed by atoms with Gasteiger partial charge in [-0.05, 0) is 25.1 Å². The van der Waals surface area contributed by atoms with Crippen molar-refractivity contribution in [3.8, 4) is 0 Å². The van der Waals surface area contributed by atoms with Crippen molar-refractivity contribution in [3.05, 3.63) is 41.3 Å². The Hall–Kier alpha value is -2.44. The Morgan fingerprint density at radius 3 is 2.89 bits per heavy atom. The molecule has 2 rings (SSSR count). The first-order valence-electron chi connectivity index (χ1n) is 5.68. The minimum Gasteiger partial charge on any atom is -0.399 e. The van der Waals surface area contributed by atoms with Gasteiger partial charge in [-0.1, -0.05) is 5.16 Å². The van der Waals surface area contributed by atoms with Crippen LogP contribution in [0.3, 0.4) is 0 Å². The third-order valence-electron chi connectivity index (χ3n) is 2.38. The van der Waals surface area contributed by atoms with Gasteiger partial charge in [-0.3, -0.25) is 4.79 Å². The minimum absolute atomic E-state index is 0.180. The summed E-state index contributed by atoms with van der Waals surface area (Å²) in [4.78, 5) is 15.7. The van der Waals surface area contributed by atoms with E-state index in [1.165, 1.54) is 6.07 Å². The van der Waals surface area contributed by atoms with Gasteiger partial charge in [0.1, 0.15) is 5.82 Å². The fourth-order valence-electron chi connectivity index (χ4n) is 1.57. The predicted molar refractivity (Wildman–Crippen MR) is 65.9 cm³/mol. The van der Waals surface area contributed by atoms with Crippen LogP contribution in [-0.2, 0) is 6.42 Å². The molecule has 0 unspecified atom stereocenters. The maximum Gasteiger partial charge on any atom is 0.251 e. The highest BCUT2D eigenvalue weighted by Gasteiger charge is 2.09. The molecule has 0 atom stereocenters. The van der Waals surface area contributed by atoms with Crippen molar-refractivity contribution in [1.82, 2.24) is 15.5 Å². The van der Waals surface area contributed by atoms with Crippen LogP contribution in [0.5, 0.6) is 0 Å². The largest absolute Gasteiger partial charge is 0.399 e. The summed E-state index contributed by atoms with van der Waals surface area (Å²) in [6.07, 6.45) is 0.414. The molecule has 0 saturated heterocycles. The summed E-state index contributed by atoms with van der Waals surface area (Å²) in [5, 5.41) is 6.25. The van der Waals surface area contributed by atoms with Crippen LogP contribution < -0.4 is 11.1 Å². The molecule has 2 aromatic rings. The van der Waals surface area contributed by atoms with E-state index in [1.54, 1.807) is 6.92 Å². The van der Waals surface area contributed by atoms with Crippen molar-refractivity contribution < 1.29 is 13.7 Å². The third-order valence-corrected chi connectivity index (χ3v) is 2.38. The molecule has 0 saturated carbocycles. The number of benzene rings is 1. The van der Waals surface area contributed by atoms with Gasteiger partial charge in [-0.2, -0.15) is 4.98 Å². The molecule has 3 N–H and O–H groups in total. The lowest BCUT2D eigenvalue weighted by atomic mass is 10.2. The predicted octanol–water partition coefficient (Wildman–Crippen LogP) is 1.07. The minimum atomic E-state index is -0.544. The number of rotatable bonds is 4. The van der Waals surface area contributed by atoms with Crippen LogP contribution in [0, 0.1) is 12.7 Å².